The Balaban J connectivity index is 1.84. The molecule has 128 valence electrons. The van der Waals surface area contributed by atoms with Gasteiger partial charge in [-0.25, -0.2) is 8.42 Å². The molecule has 4 nitrogen and oxygen atoms in total. The first-order chi connectivity index (χ1) is 11.4. The summed E-state index contributed by atoms with van der Waals surface area (Å²) in [6.45, 7) is 3.27. The highest BCUT2D eigenvalue weighted by molar-refractivity contribution is 7.91. The lowest BCUT2D eigenvalue weighted by atomic mass is 10.1. The second-order valence-electron chi connectivity index (χ2n) is 6.59. The Morgan fingerprint density at radius 3 is 2.08 bits per heavy atom. The van der Waals surface area contributed by atoms with Crippen LogP contribution in [0.4, 0.5) is 0 Å². The first-order valence-electron chi connectivity index (χ1n) is 8.15. The van der Waals surface area contributed by atoms with Gasteiger partial charge in [0.15, 0.2) is 9.84 Å². The summed E-state index contributed by atoms with van der Waals surface area (Å²) < 4.78 is 23.8. The summed E-state index contributed by atoms with van der Waals surface area (Å²) in [6, 6.07) is 17.8. The van der Waals surface area contributed by atoms with Crippen LogP contribution in [0.3, 0.4) is 0 Å². The first-order valence-corrected chi connectivity index (χ1v) is 9.97. The second kappa shape index (κ2) is 7.05. The normalized spacial score (nSPS) is 22.8. The summed E-state index contributed by atoms with van der Waals surface area (Å²) in [6.07, 6.45) is -0.829. The van der Waals surface area contributed by atoms with Crippen LogP contribution in [0.1, 0.15) is 16.7 Å². The molecule has 1 N–H and O–H groups in total. The van der Waals surface area contributed by atoms with Crippen molar-refractivity contribution >= 4 is 9.84 Å². The zero-order valence-corrected chi connectivity index (χ0v) is 14.6. The van der Waals surface area contributed by atoms with Crippen molar-refractivity contribution in [1.29, 1.82) is 0 Å². The van der Waals surface area contributed by atoms with Crippen LogP contribution in [0.2, 0.25) is 0 Å². The molecule has 1 saturated heterocycles. The van der Waals surface area contributed by atoms with Gasteiger partial charge < -0.3 is 5.11 Å². The van der Waals surface area contributed by atoms with Gasteiger partial charge in [0.05, 0.1) is 23.7 Å². The van der Waals surface area contributed by atoms with E-state index in [1.165, 1.54) is 5.56 Å². The zero-order chi connectivity index (χ0) is 17.2. The van der Waals surface area contributed by atoms with Gasteiger partial charge in [0.2, 0.25) is 0 Å². The van der Waals surface area contributed by atoms with Gasteiger partial charge in [-0.1, -0.05) is 60.2 Å². The van der Waals surface area contributed by atoms with Gasteiger partial charge in [0.1, 0.15) is 0 Å². The summed E-state index contributed by atoms with van der Waals surface area (Å²) in [7, 11) is -3.17. The number of aliphatic hydroxyl groups excluding tert-OH is 1. The summed E-state index contributed by atoms with van der Waals surface area (Å²) in [5, 5.41) is 10.3. The van der Waals surface area contributed by atoms with E-state index in [9.17, 15) is 13.5 Å². The molecular formula is C19H23NO3S. The Bertz CT molecular complexity index is 772. The van der Waals surface area contributed by atoms with Crippen molar-refractivity contribution in [1.82, 2.24) is 4.90 Å². The third-order valence-electron chi connectivity index (χ3n) is 4.50. The van der Waals surface area contributed by atoms with Gasteiger partial charge in [-0.05, 0) is 18.1 Å². The van der Waals surface area contributed by atoms with Gasteiger partial charge in [-0.3, -0.25) is 4.90 Å². The largest absolute Gasteiger partial charge is 0.390 e. The minimum absolute atomic E-state index is 0.0207. The van der Waals surface area contributed by atoms with Crippen LogP contribution in [-0.2, 0) is 22.9 Å². The Kier molecular flexibility index (Phi) is 5.04. The third kappa shape index (κ3) is 4.23. The fourth-order valence-corrected chi connectivity index (χ4v) is 5.03. The van der Waals surface area contributed by atoms with E-state index in [2.05, 4.69) is 29.2 Å². The van der Waals surface area contributed by atoms with Crippen LogP contribution in [0, 0.1) is 6.92 Å². The minimum Gasteiger partial charge on any atom is -0.390 e. The molecule has 1 aliphatic rings. The quantitative estimate of drug-likeness (QED) is 0.902. The SMILES string of the molecule is Cc1ccc(CN(Cc2ccccc2)[C@H]2CS(=O)(=O)C[C@H]2O)cc1. The van der Waals surface area contributed by atoms with Crippen molar-refractivity contribution in [2.45, 2.75) is 32.2 Å². The molecule has 0 aliphatic carbocycles. The zero-order valence-electron chi connectivity index (χ0n) is 13.8. The molecule has 3 rings (SSSR count). The molecule has 0 saturated carbocycles. The first kappa shape index (κ1) is 17.1. The topological polar surface area (TPSA) is 57.6 Å². The van der Waals surface area contributed by atoms with E-state index >= 15 is 0 Å². The number of benzene rings is 2. The highest BCUT2D eigenvalue weighted by Crippen LogP contribution is 2.23. The smallest absolute Gasteiger partial charge is 0.154 e. The summed E-state index contributed by atoms with van der Waals surface area (Å²) in [4.78, 5) is 2.08. The molecule has 1 heterocycles. The molecule has 0 aromatic heterocycles. The molecule has 0 amide bonds. The lowest BCUT2D eigenvalue weighted by Crippen LogP contribution is -2.42. The molecule has 24 heavy (non-hydrogen) atoms. The van der Waals surface area contributed by atoms with E-state index in [4.69, 9.17) is 0 Å². The average molecular weight is 345 g/mol. The molecule has 0 bridgehead atoms. The number of aliphatic hydroxyl groups is 1. The summed E-state index contributed by atoms with van der Waals surface area (Å²) in [5.41, 5.74) is 3.42. The Hall–Kier alpha value is -1.69. The van der Waals surface area contributed by atoms with Crippen molar-refractivity contribution in [2.24, 2.45) is 0 Å². The fraction of sp³-hybridized carbons (Fsp3) is 0.368. The van der Waals surface area contributed by atoms with Crippen LogP contribution >= 0.6 is 0 Å². The molecule has 1 fully saturated rings. The monoisotopic (exact) mass is 345 g/mol. The minimum atomic E-state index is -3.17. The molecule has 0 spiro atoms. The molecule has 2 aromatic carbocycles. The van der Waals surface area contributed by atoms with E-state index in [-0.39, 0.29) is 17.5 Å². The highest BCUT2D eigenvalue weighted by atomic mass is 32.2. The predicted molar refractivity (Wildman–Crippen MR) is 95.3 cm³/mol. The number of nitrogens with zero attached hydrogens (tertiary/aromatic N) is 1. The summed E-state index contributed by atoms with van der Waals surface area (Å²) >= 11 is 0. The number of sulfone groups is 1. The van der Waals surface area contributed by atoms with Crippen LogP contribution in [0.5, 0.6) is 0 Å². The van der Waals surface area contributed by atoms with Gasteiger partial charge in [0.25, 0.3) is 0 Å². The maximum Gasteiger partial charge on any atom is 0.154 e. The standard InChI is InChI=1S/C19H23NO3S/c1-15-7-9-17(10-8-15)12-20(11-16-5-3-2-4-6-16)18-13-24(22,23)14-19(18)21/h2-10,18-19,21H,11-14H2,1H3/t18-,19+/m0/s1. The van der Waals surface area contributed by atoms with Gasteiger partial charge in [-0.15, -0.1) is 0 Å². The predicted octanol–water partition coefficient (Wildman–Crippen LogP) is 2.16. The van der Waals surface area contributed by atoms with Crippen molar-refractivity contribution in [2.75, 3.05) is 11.5 Å². The van der Waals surface area contributed by atoms with Crippen molar-refractivity contribution in [3.63, 3.8) is 0 Å². The fourth-order valence-electron chi connectivity index (χ4n) is 3.20. The molecule has 0 unspecified atom stereocenters. The third-order valence-corrected chi connectivity index (χ3v) is 6.20. The molecule has 2 aromatic rings. The highest BCUT2D eigenvalue weighted by Gasteiger charge is 2.39. The Morgan fingerprint density at radius 1 is 0.958 bits per heavy atom. The number of hydrogen-bond acceptors (Lipinski definition) is 4. The molecule has 1 aliphatic heterocycles. The van der Waals surface area contributed by atoms with Crippen molar-refractivity contribution in [3.05, 3.63) is 71.3 Å². The lowest BCUT2D eigenvalue weighted by molar-refractivity contribution is 0.0731. The van der Waals surface area contributed by atoms with Crippen LogP contribution in [0.15, 0.2) is 54.6 Å². The summed E-state index contributed by atoms with van der Waals surface area (Å²) in [5.74, 6) is -0.121. The number of hydrogen-bond donors (Lipinski definition) is 1. The average Bonchev–Trinajstić information content (AvgIpc) is 2.83. The van der Waals surface area contributed by atoms with E-state index in [0.29, 0.717) is 13.1 Å². The van der Waals surface area contributed by atoms with Crippen LogP contribution in [-0.4, -0.2) is 42.1 Å². The molecule has 2 atom stereocenters. The Morgan fingerprint density at radius 2 is 1.54 bits per heavy atom. The van der Waals surface area contributed by atoms with Crippen LogP contribution in [0.25, 0.3) is 0 Å². The lowest BCUT2D eigenvalue weighted by Gasteiger charge is -2.30. The van der Waals surface area contributed by atoms with E-state index < -0.39 is 15.9 Å². The maximum atomic E-state index is 11.9. The van der Waals surface area contributed by atoms with Gasteiger partial charge >= 0.3 is 0 Å². The number of rotatable bonds is 5. The molecular weight excluding hydrogens is 322 g/mol. The van der Waals surface area contributed by atoms with E-state index in [0.717, 1.165) is 11.1 Å². The van der Waals surface area contributed by atoms with Crippen molar-refractivity contribution < 1.29 is 13.5 Å². The van der Waals surface area contributed by atoms with E-state index in [1.54, 1.807) is 0 Å². The van der Waals surface area contributed by atoms with Gasteiger partial charge in [0, 0.05) is 13.1 Å². The maximum absolute atomic E-state index is 11.9. The van der Waals surface area contributed by atoms with E-state index in [1.807, 2.05) is 37.3 Å². The number of aryl methyl sites for hydroxylation is 1. The second-order valence-corrected chi connectivity index (χ2v) is 8.74. The van der Waals surface area contributed by atoms with Crippen LogP contribution < -0.4 is 0 Å². The Labute approximate surface area is 143 Å². The van der Waals surface area contributed by atoms with Crippen molar-refractivity contribution in [3.8, 4) is 0 Å². The molecule has 5 heteroatoms. The molecule has 0 radical (unpaired) electrons. The van der Waals surface area contributed by atoms with Gasteiger partial charge in [-0.2, -0.15) is 0 Å².